The molecule has 0 spiro atoms. The molecule has 3 aromatic heterocycles. The Balaban J connectivity index is 1.54. The van der Waals surface area contributed by atoms with E-state index in [2.05, 4.69) is 31.4 Å². The van der Waals surface area contributed by atoms with Gasteiger partial charge >= 0.3 is 0 Å². The van der Waals surface area contributed by atoms with Gasteiger partial charge in [-0.2, -0.15) is 10.4 Å². The molecule has 4 aromatic rings. The SMILES string of the molecule is CCOc1cc(F)c(Cn2nc(-c3ncc(C#N)c(Nc4ccncc4)n3)c(C)c2C2CC2)c(F)c1. The molecule has 1 aliphatic carbocycles. The lowest BCUT2D eigenvalue weighted by Crippen LogP contribution is -2.10. The van der Waals surface area contributed by atoms with Crippen LogP contribution in [0.3, 0.4) is 0 Å². The van der Waals surface area contributed by atoms with E-state index in [1.54, 1.807) is 36.1 Å². The number of nitrogens with zero attached hydrogens (tertiary/aromatic N) is 6. The summed E-state index contributed by atoms with van der Waals surface area (Å²) in [6, 6.07) is 7.99. The number of halogens is 2. The zero-order chi connectivity index (χ0) is 25.2. The second-order valence-electron chi connectivity index (χ2n) is 8.52. The van der Waals surface area contributed by atoms with Crippen molar-refractivity contribution < 1.29 is 13.5 Å². The fourth-order valence-corrected chi connectivity index (χ4v) is 4.15. The summed E-state index contributed by atoms with van der Waals surface area (Å²) in [7, 11) is 0. The number of ether oxygens (including phenoxy) is 1. The Hall–Kier alpha value is -4.39. The topological polar surface area (TPSA) is 102 Å². The molecule has 0 aliphatic heterocycles. The number of nitriles is 1. The lowest BCUT2D eigenvalue weighted by Gasteiger charge is -2.11. The van der Waals surface area contributed by atoms with Crippen molar-refractivity contribution in [1.82, 2.24) is 24.7 Å². The molecule has 182 valence electrons. The quantitative estimate of drug-likeness (QED) is 0.362. The smallest absolute Gasteiger partial charge is 0.182 e. The minimum Gasteiger partial charge on any atom is -0.494 e. The van der Waals surface area contributed by atoms with Crippen LogP contribution >= 0.6 is 0 Å². The Morgan fingerprint density at radius 1 is 1.19 bits per heavy atom. The highest BCUT2D eigenvalue weighted by atomic mass is 19.1. The van der Waals surface area contributed by atoms with Gasteiger partial charge < -0.3 is 10.1 Å². The van der Waals surface area contributed by atoms with E-state index in [-0.39, 0.29) is 29.3 Å². The van der Waals surface area contributed by atoms with E-state index in [9.17, 15) is 14.0 Å². The van der Waals surface area contributed by atoms with Crippen molar-refractivity contribution in [2.45, 2.75) is 39.2 Å². The first kappa shape index (κ1) is 23.4. The highest BCUT2D eigenvalue weighted by Crippen LogP contribution is 2.44. The Bertz CT molecular complexity index is 1440. The van der Waals surface area contributed by atoms with Crippen LogP contribution in [0, 0.1) is 29.9 Å². The first-order valence-corrected chi connectivity index (χ1v) is 11.6. The first-order chi connectivity index (χ1) is 17.5. The van der Waals surface area contributed by atoms with Crippen LogP contribution in [0.1, 0.15) is 48.1 Å². The van der Waals surface area contributed by atoms with Crippen LogP contribution in [0.2, 0.25) is 0 Å². The molecule has 3 heterocycles. The van der Waals surface area contributed by atoms with Crippen molar-refractivity contribution in [1.29, 1.82) is 5.26 Å². The maximum Gasteiger partial charge on any atom is 0.182 e. The van der Waals surface area contributed by atoms with Crippen molar-refractivity contribution in [3.05, 3.63) is 76.9 Å². The molecule has 1 saturated carbocycles. The van der Waals surface area contributed by atoms with Crippen LogP contribution in [0.25, 0.3) is 11.5 Å². The molecule has 1 aliphatic rings. The van der Waals surface area contributed by atoms with Crippen LogP contribution in [0.15, 0.2) is 42.9 Å². The highest BCUT2D eigenvalue weighted by Gasteiger charge is 2.32. The molecule has 0 bridgehead atoms. The molecule has 0 unspecified atom stereocenters. The van der Waals surface area contributed by atoms with Gasteiger partial charge in [-0.3, -0.25) is 9.67 Å². The minimum absolute atomic E-state index is 0.0743. The molecule has 0 saturated heterocycles. The van der Waals surface area contributed by atoms with Crippen molar-refractivity contribution in [3.8, 4) is 23.3 Å². The Morgan fingerprint density at radius 2 is 1.92 bits per heavy atom. The zero-order valence-corrected chi connectivity index (χ0v) is 19.8. The summed E-state index contributed by atoms with van der Waals surface area (Å²) in [5, 5.41) is 17.3. The fourth-order valence-electron chi connectivity index (χ4n) is 4.15. The molecule has 1 aromatic carbocycles. The number of nitrogens with one attached hydrogen (secondary N) is 1. The van der Waals surface area contributed by atoms with Gasteiger partial charge in [0.15, 0.2) is 11.6 Å². The van der Waals surface area contributed by atoms with Crippen LogP contribution < -0.4 is 10.1 Å². The Morgan fingerprint density at radius 3 is 2.56 bits per heavy atom. The normalized spacial score (nSPS) is 12.9. The van der Waals surface area contributed by atoms with E-state index < -0.39 is 11.6 Å². The number of hydrogen-bond acceptors (Lipinski definition) is 7. The third-order valence-electron chi connectivity index (χ3n) is 6.00. The van der Waals surface area contributed by atoms with Crippen LogP contribution in [-0.2, 0) is 6.54 Å². The minimum atomic E-state index is -0.687. The number of pyridine rings is 1. The average molecular weight is 488 g/mol. The van der Waals surface area contributed by atoms with E-state index in [1.807, 2.05) is 6.92 Å². The van der Waals surface area contributed by atoms with E-state index in [1.165, 1.54) is 18.3 Å². The lowest BCUT2D eigenvalue weighted by atomic mass is 10.1. The standard InChI is InChI=1S/C26H23F2N7O/c1-3-36-19-10-21(27)20(22(28)11-19)14-35-24(16-4-5-16)15(2)23(34-35)26-31-13-17(12-29)25(33-26)32-18-6-8-30-9-7-18/h6-11,13,16H,3-5,14H2,1-2H3,(H,30,31,32,33). The summed E-state index contributed by atoms with van der Waals surface area (Å²) in [6.07, 6.45) is 6.65. The van der Waals surface area contributed by atoms with Gasteiger partial charge in [-0.05, 0) is 38.8 Å². The lowest BCUT2D eigenvalue weighted by molar-refractivity contribution is 0.335. The number of anilines is 2. The largest absolute Gasteiger partial charge is 0.494 e. The molecular weight excluding hydrogens is 464 g/mol. The van der Waals surface area contributed by atoms with E-state index in [4.69, 9.17) is 4.74 Å². The maximum absolute atomic E-state index is 14.8. The fraction of sp³-hybridized carbons (Fsp3) is 0.269. The number of aromatic nitrogens is 5. The monoisotopic (exact) mass is 487 g/mol. The van der Waals surface area contributed by atoms with Crippen molar-refractivity contribution >= 4 is 11.5 Å². The molecule has 8 nitrogen and oxygen atoms in total. The summed E-state index contributed by atoms with van der Waals surface area (Å²) in [5.74, 6) is -0.318. The van der Waals surface area contributed by atoms with Gasteiger partial charge in [0.2, 0.25) is 0 Å². The van der Waals surface area contributed by atoms with Gasteiger partial charge in [-0.15, -0.1) is 0 Å². The van der Waals surface area contributed by atoms with Gasteiger partial charge in [0.1, 0.15) is 34.7 Å². The third kappa shape index (κ3) is 4.60. The van der Waals surface area contributed by atoms with Crippen molar-refractivity contribution in [3.63, 3.8) is 0 Å². The van der Waals surface area contributed by atoms with Gasteiger partial charge in [0.25, 0.3) is 0 Å². The van der Waals surface area contributed by atoms with E-state index in [0.717, 1.165) is 24.1 Å². The maximum atomic E-state index is 14.8. The van der Waals surface area contributed by atoms with Gasteiger partial charge in [-0.1, -0.05) is 0 Å². The van der Waals surface area contributed by atoms with Crippen LogP contribution in [0.4, 0.5) is 20.3 Å². The number of hydrogen-bond donors (Lipinski definition) is 1. The van der Waals surface area contributed by atoms with E-state index in [0.29, 0.717) is 29.6 Å². The second kappa shape index (κ2) is 9.70. The predicted octanol–water partition coefficient (Wildman–Crippen LogP) is 5.26. The number of benzene rings is 1. The number of rotatable bonds is 8. The molecule has 1 fully saturated rings. The third-order valence-corrected chi connectivity index (χ3v) is 6.00. The molecule has 1 N–H and O–H groups in total. The summed E-state index contributed by atoms with van der Waals surface area (Å²) < 4.78 is 36.5. The van der Waals surface area contributed by atoms with Crippen LogP contribution in [-0.4, -0.2) is 31.3 Å². The molecule has 10 heteroatoms. The highest BCUT2D eigenvalue weighted by molar-refractivity contribution is 5.66. The van der Waals surface area contributed by atoms with Gasteiger partial charge in [0, 0.05) is 53.0 Å². The predicted molar refractivity (Wildman–Crippen MR) is 129 cm³/mol. The van der Waals surface area contributed by atoms with Gasteiger partial charge in [-0.25, -0.2) is 18.7 Å². The summed E-state index contributed by atoms with van der Waals surface area (Å²) in [4.78, 5) is 12.9. The molecule has 0 atom stereocenters. The second-order valence-corrected chi connectivity index (χ2v) is 8.52. The van der Waals surface area contributed by atoms with Gasteiger partial charge in [0.05, 0.1) is 19.3 Å². The Labute approximate surface area is 206 Å². The van der Waals surface area contributed by atoms with Crippen LogP contribution in [0.5, 0.6) is 5.75 Å². The molecule has 0 amide bonds. The summed E-state index contributed by atoms with van der Waals surface area (Å²) >= 11 is 0. The molecule has 5 rings (SSSR count). The zero-order valence-electron chi connectivity index (χ0n) is 19.8. The van der Waals surface area contributed by atoms with Crippen molar-refractivity contribution in [2.24, 2.45) is 0 Å². The van der Waals surface area contributed by atoms with Crippen molar-refractivity contribution in [2.75, 3.05) is 11.9 Å². The molecule has 0 radical (unpaired) electrons. The molecule has 36 heavy (non-hydrogen) atoms. The first-order valence-electron chi connectivity index (χ1n) is 11.6. The summed E-state index contributed by atoms with van der Waals surface area (Å²) in [5.41, 5.74) is 3.17. The average Bonchev–Trinajstić information content (AvgIpc) is 3.65. The van der Waals surface area contributed by atoms with E-state index >= 15 is 0 Å². The Kier molecular flexibility index (Phi) is 6.29. The summed E-state index contributed by atoms with van der Waals surface area (Å²) in [6.45, 7) is 3.90. The molecular formula is C26H23F2N7O.